The van der Waals surface area contributed by atoms with Gasteiger partial charge in [-0.3, -0.25) is 0 Å². The Hall–Kier alpha value is -1.04. The van der Waals surface area contributed by atoms with Crippen LogP contribution in [0, 0.1) is 5.82 Å². The number of H-pyrrole nitrogens is 1. The first-order valence-electron chi connectivity index (χ1n) is 3.71. The molecule has 0 saturated heterocycles. The van der Waals surface area contributed by atoms with Crippen LogP contribution in [0.15, 0.2) is 16.9 Å². The first-order chi connectivity index (χ1) is 6.59. The van der Waals surface area contributed by atoms with Crippen molar-refractivity contribution in [2.45, 2.75) is 6.43 Å². The predicted molar refractivity (Wildman–Crippen MR) is 48.7 cm³/mol. The molecule has 0 aliphatic rings. The van der Waals surface area contributed by atoms with Gasteiger partial charge in [0, 0.05) is 5.56 Å². The second-order valence-electron chi connectivity index (χ2n) is 2.69. The van der Waals surface area contributed by atoms with Crippen LogP contribution >= 0.6 is 15.9 Å². The number of hydrogen-bond donors (Lipinski definition) is 1. The predicted octanol–water partition coefficient (Wildman–Crippen LogP) is 3.40. The minimum absolute atomic E-state index is 0.00493. The zero-order valence-electron chi connectivity index (χ0n) is 6.69. The number of nitrogens with one attached hydrogen (secondary N) is 1. The molecule has 2 aromatic rings. The zero-order valence-corrected chi connectivity index (χ0v) is 8.28. The summed E-state index contributed by atoms with van der Waals surface area (Å²) >= 11 is 2.96. The maximum Gasteiger partial charge on any atom is 0.266 e. The lowest BCUT2D eigenvalue weighted by Crippen LogP contribution is -1.88. The van der Waals surface area contributed by atoms with Crippen molar-refractivity contribution in [3.05, 3.63) is 28.2 Å². The highest BCUT2D eigenvalue weighted by molar-refractivity contribution is 9.10. The number of fused-ring (bicyclic) bond motifs is 1. The lowest BCUT2D eigenvalue weighted by atomic mass is 10.2. The number of aromatic nitrogens is 2. The molecule has 1 aromatic heterocycles. The molecule has 0 fully saturated rings. The molecule has 0 spiro atoms. The van der Waals surface area contributed by atoms with E-state index in [9.17, 15) is 13.2 Å². The number of aromatic amines is 1. The average Bonchev–Trinajstić information content (AvgIpc) is 2.47. The molecule has 1 N–H and O–H groups in total. The highest BCUT2D eigenvalue weighted by atomic mass is 79.9. The highest BCUT2D eigenvalue weighted by Crippen LogP contribution is 2.28. The molecule has 0 atom stereocenters. The molecule has 74 valence electrons. The molecule has 1 aromatic carbocycles. The van der Waals surface area contributed by atoms with Gasteiger partial charge in [-0.1, -0.05) is 0 Å². The van der Waals surface area contributed by atoms with E-state index in [2.05, 4.69) is 25.9 Å². The SMILES string of the molecule is Fc1ccc(C(F)F)c2nc(Br)[nH]c12. The molecule has 0 amide bonds. The molecule has 2 rings (SSSR count). The van der Waals surface area contributed by atoms with Gasteiger partial charge < -0.3 is 4.98 Å². The number of rotatable bonds is 1. The van der Waals surface area contributed by atoms with Crippen molar-refractivity contribution < 1.29 is 13.2 Å². The largest absolute Gasteiger partial charge is 0.330 e. The Bertz CT molecular complexity index is 481. The van der Waals surface area contributed by atoms with Gasteiger partial charge in [-0.05, 0) is 28.1 Å². The van der Waals surface area contributed by atoms with Crippen molar-refractivity contribution in [3.63, 3.8) is 0 Å². The summed E-state index contributed by atoms with van der Waals surface area (Å²) in [5, 5.41) is 0. The molecule has 14 heavy (non-hydrogen) atoms. The molecule has 0 radical (unpaired) electrons. The van der Waals surface area contributed by atoms with Crippen LogP contribution in [-0.4, -0.2) is 9.97 Å². The number of imidazole rings is 1. The summed E-state index contributed by atoms with van der Waals surface area (Å²) in [5.74, 6) is -0.595. The minimum atomic E-state index is -2.66. The second-order valence-corrected chi connectivity index (χ2v) is 3.44. The van der Waals surface area contributed by atoms with Crippen molar-refractivity contribution in [2.24, 2.45) is 0 Å². The fourth-order valence-electron chi connectivity index (χ4n) is 1.23. The summed E-state index contributed by atoms with van der Waals surface area (Å²) in [6, 6.07) is 2.03. The summed E-state index contributed by atoms with van der Waals surface area (Å²) in [5.41, 5.74) is -0.315. The van der Waals surface area contributed by atoms with Crippen molar-refractivity contribution in [2.75, 3.05) is 0 Å². The Morgan fingerprint density at radius 1 is 1.36 bits per heavy atom. The van der Waals surface area contributed by atoms with E-state index in [1.807, 2.05) is 0 Å². The number of hydrogen-bond acceptors (Lipinski definition) is 1. The number of benzene rings is 1. The van der Waals surface area contributed by atoms with Gasteiger partial charge >= 0.3 is 0 Å². The smallest absolute Gasteiger partial charge is 0.266 e. The minimum Gasteiger partial charge on any atom is -0.330 e. The van der Waals surface area contributed by atoms with Gasteiger partial charge in [0.05, 0.1) is 0 Å². The van der Waals surface area contributed by atoms with Gasteiger partial charge in [0.1, 0.15) is 16.9 Å². The van der Waals surface area contributed by atoms with E-state index in [0.29, 0.717) is 0 Å². The maximum absolute atomic E-state index is 13.1. The average molecular weight is 265 g/mol. The molecule has 0 saturated carbocycles. The Morgan fingerprint density at radius 3 is 2.71 bits per heavy atom. The standard InChI is InChI=1S/C8H4BrF3N2/c9-8-13-5-3(7(11)12)1-2-4(10)6(5)14-8/h1-2,7H,(H,13,14). The van der Waals surface area contributed by atoms with Crippen molar-refractivity contribution in [3.8, 4) is 0 Å². The van der Waals surface area contributed by atoms with E-state index in [1.54, 1.807) is 0 Å². The van der Waals surface area contributed by atoms with Crippen LogP contribution in [0.3, 0.4) is 0 Å². The molecule has 0 bridgehead atoms. The Labute approximate surface area is 85.3 Å². The van der Waals surface area contributed by atoms with Crippen molar-refractivity contribution >= 4 is 27.0 Å². The normalized spacial score (nSPS) is 11.5. The fraction of sp³-hybridized carbons (Fsp3) is 0.125. The van der Waals surface area contributed by atoms with Crippen LogP contribution in [0.4, 0.5) is 13.2 Å². The van der Waals surface area contributed by atoms with E-state index < -0.39 is 12.2 Å². The van der Waals surface area contributed by atoms with E-state index in [1.165, 1.54) is 0 Å². The van der Waals surface area contributed by atoms with Crippen molar-refractivity contribution in [1.82, 2.24) is 9.97 Å². The van der Waals surface area contributed by atoms with Gasteiger partial charge in [-0.15, -0.1) is 0 Å². The van der Waals surface area contributed by atoms with Gasteiger partial charge in [0.25, 0.3) is 6.43 Å². The summed E-state index contributed by atoms with van der Waals surface area (Å²) in [6.45, 7) is 0. The lowest BCUT2D eigenvalue weighted by molar-refractivity contribution is 0.153. The van der Waals surface area contributed by atoms with Gasteiger partial charge in [0.2, 0.25) is 0 Å². The molecular weight excluding hydrogens is 261 g/mol. The summed E-state index contributed by atoms with van der Waals surface area (Å²) < 4.78 is 38.2. The van der Waals surface area contributed by atoms with E-state index >= 15 is 0 Å². The summed E-state index contributed by atoms with van der Waals surface area (Å²) in [6.07, 6.45) is -2.66. The monoisotopic (exact) mass is 264 g/mol. The van der Waals surface area contributed by atoms with Crippen LogP contribution < -0.4 is 0 Å². The third kappa shape index (κ3) is 1.39. The lowest BCUT2D eigenvalue weighted by Gasteiger charge is -2.00. The van der Waals surface area contributed by atoms with Crippen LogP contribution in [0.1, 0.15) is 12.0 Å². The number of alkyl halides is 2. The van der Waals surface area contributed by atoms with E-state index in [-0.39, 0.29) is 21.3 Å². The van der Waals surface area contributed by atoms with E-state index in [0.717, 1.165) is 12.1 Å². The van der Waals surface area contributed by atoms with Gasteiger partial charge in [-0.2, -0.15) is 0 Å². The number of nitrogens with zero attached hydrogens (tertiary/aromatic N) is 1. The van der Waals surface area contributed by atoms with Crippen LogP contribution in [-0.2, 0) is 0 Å². The first-order valence-corrected chi connectivity index (χ1v) is 4.50. The molecular formula is C8H4BrF3N2. The van der Waals surface area contributed by atoms with Crippen LogP contribution in [0.25, 0.3) is 11.0 Å². The topological polar surface area (TPSA) is 28.7 Å². The van der Waals surface area contributed by atoms with Gasteiger partial charge in [0.15, 0.2) is 4.73 Å². The molecule has 0 aliphatic heterocycles. The zero-order chi connectivity index (χ0) is 10.3. The summed E-state index contributed by atoms with van der Waals surface area (Å²) in [4.78, 5) is 6.26. The summed E-state index contributed by atoms with van der Waals surface area (Å²) in [7, 11) is 0. The first kappa shape index (κ1) is 9.51. The Balaban J connectivity index is 2.81. The molecule has 0 unspecified atom stereocenters. The Kier molecular flexibility index (Phi) is 2.22. The van der Waals surface area contributed by atoms with Gasteiger partial charge in [-0.25, -0.2) is 18.2 Å². The molecule has 2 nitrogen and oxygen atoms in total. The Morgan fingerprint density at radius 2 is 2.07 bits per heavy atom. The fourth-order valence-corrected chi connectivity index (χ4v) is 1.60. The highest BCUT2D eigenvalue weighted by Gasteiger charge is 2.16. The quantitative estimate of drug-likeness (QED) is 0.841. The maximum atomic E-state index is 13.1. The van der Waals surface area contributed by atoms with Crippen LogP contribution in [0.5, 0.6) is 0 Å². The van der Waals surface area contributed by atoms with Crippen molar-refractivity contribution in [1.29, 1.82) is 0 Å². The number of halogens is 4. The third-order valence-electron chi connectivity index (χ3n) is 1.83. The molecule has 6 heteroatoms. The second kappa shape index (κ2) is 3.27. The molecule has 1 heterocycles. The molecule has 0 aliphatic carbocycles. The van der Waals surface area contributed by atoms with E-state index in [4.69, 9.17) is 0 Å². The third-order valence-corrected chi connectivity index (χ3v) is 2.21. The van der Waals surface area contributed by atoms with Crippen LogP contribution in [0.2, 0.25) is 0 Å².